The van der Waals surface area contributed by atoms with Crippen LogP contribution in [0, 0.1) is 5.82 Å². The molecule has 3 atom stereocenters. The smallest absolute Gasteiger partial charge is 0.416 e. The van der Waals surface area contributed by atoms with Gasteiger partial charge in [0.05, 0.1) is 17.7 Å². The minimum absolute atomic E-state index is 0.152. The van der Waals surface area contributed by atoms with Gasteiger partial charge in [0.15, 0.2) is 5.76 Å². The van der Waals surface area contributed by atoms with Crippen molar-refractivity contribution in [3.05, 3.63) is 53.1 Å². The topological polar surface area (TPSA) is 103 Å². The number of nitrogens with zero attached hydrogens (tertiary/aromatic N) is 4. The number of ether oxygens (including phenoxy) is 2. The van der Waals surface area contributed by atoms with Crippen molar-refractivity contribution in [3.8, 4) is 11.3 Å². The molecule has 0 saturated carbocycles. The standard InChI is InChI=1S/C24H27ClFN5O4/c1-13(17-10-19(35-30-17)15-6-8-16(26)9-7-15)27-22-28-20(25)11-21(29-22)31-18(12-33-23(31)32)14(2)34-24(3,4)5/h6-11,13-14,18H,12H2,1-5H3,(H,27,28,29)/t13-,14+,18+/m0/s1. The lowest BCUT2D eigenvalue weighted by Crippen LogP contribution is -2.45. The Bertz CT molecular complexity index is 1200. The van der Waals surface area contributed by atoms with Gasteiger partial charge in [-0.3, -0.25) is 4.90 Å². The second kappa shape index (κ2) is 9.79. The molecule has 1 fully saturated rings. The van der Waals surface area contributed by atoms with Crippen LogP contribution in [0.1, 0.15) is 46.4 Å². The monoisotopic (exact) mass is 503 g/mol. The third kappa shape index (κ3) is 5.88. The summed E-state index contributed by atoms with van der Waals surface area (Å²) in [4.78, 5) is 22.7. The minimum Gasteiger partial charge on any atom is -0.447 e. The van der Waals surface area contributed by atoms with Crippen LogP contribution >= 0.6 is 11.6 Å². The third-order valence-corrected chi connectivity index (χ3v) is 5.56. The lowest BCUT2D eigenvalue weighted by Gasteiger charge is -2.31. The second-order valence-electron chi connectivity index (χ2n) is 9.31. The lowest BCUT2D eigenvalue weighted by atomic mass is 10.1. The SMILES string of the molecule is C[C@H](Nc1nc(Cl)cc(N2C(=O)OC[C@@H]2[C@@H](C)OC(C)(C)C)n1)c1cc(-c2ccc(F)cc2)on1. The Morgan fingerprint density at radius 2 is 1.91 bits per heavy atom. The predicted molar refractivity (Wildman–Crippen MR) is 129 cm³/mol. The van der Waals surface area contributed by atoms with Crippen molar-refractivity contribution in [2.45, 2.75) is 58.4 Å². The zero-order chi connectivity index (χ0) is 25.3. The number of hydrogen-bond donors (Lipinski definition) is 1. The van der Waals surface area contributed by atoms with Crippen LogP contribution < -0.4 is 10.2 Å². The average Bonchev–Trinajstić information content (AvgIpc) is 3.40. The molecule has 1 saturated heterocycles. The first-order valence-corrected chi connectivity index (χ1v) is 11.6. The average molecular weight is 504 g/mol. The Labute approximate surface area is 207 Å². The number of amides is 1. The molecular weight excluding hydrogens is 477 g/mol. The number of benzene rings is 1. The van der Waals surface area contributed by atoms with Crippen molar-refractivity contribution in [1.82, 2.24) is 15.1 Å². The van der Waals surface area contributed by atoms with Gasteiger partial charge in [0.2, 0.25) is 5.95 Å². The highest BCUT2D eigenvalue weighted by atomic mass is 35.5. The Hall–Kier alpha value is -3.24. The normalized spacial score (nSPS) is 17.9. The Morgan fingerprint density at radius 3 is 2.60 bits per heavy atom. The highest BCUT2D eigenvalue weighted by molar-refractivity contribution is 6.29. The van der Waals surface area contributed by atoms with E-state index >= 15 is 0 Å². The van der Waals surface area contributed by atoms with Gasteiger partial charge in [-0.1, -0.05) is 16.8 Å². The molecule has 3 heterocycles. The van der Waals surface area contributed by atoms with Crippen molar-refractivity contribution >= 4 is 29.5 Å². The van der Waals surface area contributed by atoms with Gasteiger partial charge in [0.25, 0.3) is 0 Å². The van der Waals surface area contributed by atoms with E-state index in [9.17, 15) is 9.18 Å². The molecule has 1 aliphatic rings. The molecular formula is C24H27ClFN5O4. The summed E-state index contributed by atoms with van der Waals surface area (Å²) < 4.78 is 29.9. The van der Waals surface area contributed by atoms with Crippen LogP contribution in [-0.2, 0) is 9.47 Å². The van der Waals surface area contributed by atoms with Crippen LogP contribution in [0.4, 0.5) is 21.0 Å². The predicted octanol–water partition coefficient (Wildman–Crippen LogP) is 5.63. The maximum Gasteiger partial charge on any atom is 0.416 e. The Morgan fingerprint density at radius 1 is 1.20 bits per heavy atom. The molecule has 1 N–H and O–H groups in total. The summed E-state index contributed by atoms with van der Waals surface area (Å²) in [6.07, 6.45) is -0.848. The molecule has 2 aromatic heterocycles. The highest BCUT2D eigenvalue weighted by Crippen LogP contribution is 2.30. The zero-order valence-corrected chi connectivity index (χ0v) is 20.8. The zero-order valence-electron chi connectivity index (χ0n) is 20.1. The van der Waals surface area contributed by atoms with Crippen molar-refractivity contribution in [1.29, 1.82) is 0 Å². The van der Waals surface area contributed by atoms with Gasteiger partial charge >= 0.3 is 6.09 Å². The first-order valence-electron chi connectivity index (χ1n) is 11.2. The van der Waals surface area contributed by atoms with E-state index in [1.807, 2.05) is 34.6 Å². The molecule has 1 aliphatic heterocycles. The van der Waals surface area contributed by atoms with E-state index in [1.54, 1.807) is 18.2 Å². The molecule has 35 heavy (non-hydrogen) atoms. The minimum atomic E-state index is -0.534. The number of hydrogen-bond acceptors (Lipinski definition) is 8. The van der Waals surface area contributed by atoms with E-state index in [2.05, 4.69) is 20.4 Å². The van der Waals surface area contributed by atoms with E-state index in [4.69, 9.17) is 25.6 Å². The van der Waals surface area contributed by atoms with E-state index < -0.39 is 11.7 Å². The molecule has 11 heteroatoms. The van der Waals surface area contributed by atoms with Crippen LogP contribution in [0.2, 0.25) is 5.15 Å². The quantitative estimate of drug-likeness (QED) is 0.414. The number of cyclic esters (lactones) is 1. The summed E-state index contributed by atoms with van der Waals surface area (Å²) in [7, 11) is 0. The maximum atomic E-state index is 13.2. The molecule has 4 rings (SSSR count). The molecule has 3 aromatic rings. The number of carbonyl (C=O) groups excluding carboxylic acids is 1. The molecule has 186 valence electrons. The van der Waals surface area contributed by atoms with Crippen molar-refractivity contribution < 1.29 is 23.2 Å². The number of carbonyl (C=O) groups is 1. The third-order valence-electron chi connectivity index (χ3n) is 5.36. The van der Waals surface area contributed by atoms with Crippen LogP contribution in [0.15, 0.2) is 40.9 Å². The number of nitrogens with one attached hydrogen (secondary N) is 1. The maximum absolute atomic E-state index is 13.2. The number of anilines is 2. The fourth-order valence-corrected chi connectivity index (χ4v) is 3.96. The summed E-state index contributed by atoms with van der Waals surface area (Å²) >= 11 is 6.27. The van der Waals surface area contributed by atoms with Gasteiger partial charge in [0.1, 0.15) is 35.1 Å². The van der Waals surface area contributed by atoms with Crippen LogP contribution in [0.3, 0.4) is 0 Å². The van der Waals surface area contributed by atoms with Crippen molar-refractivity contribution in [2.75, 3.05) is 16.8 Å². The molecule has 0 unspecified atom stereocenters. The van der Waals surface area contributed by atoms with Crippen LogP contribution in [0.25, 0.3) is 11.3 Å². The first-order chi connectivity index (χ1) is 16.5. The number of aromatic nitrogens is 3. The lowest BCUT2D eigenvalue weighted by molar-refractivity contribution is -0.0618. The largest absolute Gasteiger partial charge is 0.447 e. The fraction of sp³-hybridized carbons (Fsp3) is 0.417. The molecule has 0 bridgehead atoms. The molecule has 0 radical (unpaired) electrons. The summed E-state index contributed by atoms with van der Waals surface area (Å²) in [5, 5.41) is 7.38. The van der Waals surface area contributed by atoms with Gasteiger partial charge in [-0.25, -0.2) is 14.2 Å². The van der Waals surface area contributed by atoms with Gasteiger partial charge in [0, 0.05) is 17.7 Å². The first kappa shape index (κ1) is 24.9. The van der Waals surface area contributed by atoms with Crippen LogP contribution in [-0.4, -0.2) is 45.6 Å². The second-order valence-corrected chi connectivity index (χ2v) is 9.70. The summed E-state index contributed by atoms with van der Waals surface area (Å²) in [5.41, 5.74) is 0.885. The van der Waals surface area contributed by atoms with Gasteiger partial charge < -0.3 is 19.3 Å². The Kier molecular flexibility index (Phi) is 6.95. The van der Waals surface area contributed by atoms with E-state index in [1.165, 1.54) is 23.1 Å². The number of rotatable bonds is 7. The molecule has 1 aromatic carbocycles. The Balaban J connectivity index is 1.53. The molecule has 9 nitrogen and oxygen atoms in total. The molecule has 0 spiro atoms. The molecule has 1 amide bonds. The van der Waals surface area contributed by atoms with Gasteiger partial charge in [-0.2, -0.15) is 4.98 Å². The van der Waals surface area contributed by atoms with Crippen molar-refractivity contribution in [2.24, 2.45) is 0 Å². The summed E-state index contributed by atoms with van der Waals surface area (Å²) in [5.74, 6) is 0.663. The molecule has 0 aliphatic carbocycles. The number of halogens is 2. The summed E-state index contributed by atoms with van der Waals surface area (Å²) in [6.45, 7) is 9.74. The van der Waals surface area contributed by atoms with E-state index in [0.29, 0.717) is 22.8 Å². The van der Waals surface area contributed by atoms with Gasteiger partial charge in [-0.05, 0) is 58.9 Å². The van der Waals surface area contributed by atoms with E-state index in [0.717, 1.165) is 0 Å². The van der Waals surface area contributed by atoms with Gasteiger partial charge in [-0.15, -0.1) is 0 Å². The van der Waals surface area contributed by atoms with Crippen LogP contribution in [0.5, 0.6) is 0 Å². The summed E-state index contributed by atoms with van der Waals surface area (Å²) in [6, 6.07) is 8.43. The fourth-order valence-electron chi connectivity index (χ4n) is 3.79. The highest BCUT2D eigenvalue weighted by Gasteiger charge is 2.40. The van der Waals surface area contributed by atoms with Crippen molar-refractivity contribution in [3.63, 3.8) is 0 Å². The van der Waals surface area contributed by atoms with E-state index in [-0.39, 0.29) is 41.7 Å².